The van der Waals surface area contributed by atoms with Gasteiger partial charge in [0.2, 0.25) is 0 Å². The number of aromatic nitrogens is 2. The summed E-state index contributed by atoms with van der Waals surface area (Å²) in [6.07, 6.45) is 2.20. The summed E-state index contributed by atoms with van der Waals surface area (Å²) >= 11 is 3.37. The molecule has 0 saturated heterocycles. The number of halogens is 1. The normalized spacial score (nSPS) is 11.3. The van der Waals surface area contributed by atoms with Crippen molar-refractivity contribution < 1.29 is 9.59 Å². The number of amides is 2. The molecule has 0 aliphatic carbocycles. The van der Waals surface area contributed by atoms with Crippen LogP contribution in [-0.4, -0.2) is 28.3 Å². The van der Waals surface area contributed by atoms with Gasteiger partial charge in [-0.05, 0) is 42.0 Å². The van der Waals surface area contributed by atoms with E-state index in [9.17, 15) is 9.59 Å². The maximum absolute atomic E-state index is 12.9. The zero-order chi connectivity index (χ0) is 22.3. The molecule has 32 heavy (non-hydrogen) atoms. The second-order valence-corrected chi connectivity index (χ2v) is 8.06. The molecule has 1 heterocycles. The summed E-state index contributed by atoms with van der Waals surface area (Å²) in [5, 5.41) is 5.62. The summed E-state index contributed by atoms with van der Waals surface area (Å²) in [5.74, 6) is 0.0625. The largest absolute Gasteiger partial charge is 0.350 e. The quantitative estimate of drug-likeness (QED) is 0.335. The van der Waals surface area contributed by atoms with Crippen molar-refractivity contribution in [2.24, 2.45) is 0 Å². The molecule has 3 aromatic carbocycles. The maximum atomic E-state index is 12.9. The molecular weight excluding hydrogens is 468 g/mol. The molecule has 160 valence electrons. The number of carbonyl (C=O) groups excluding carboxylic acids is 2. The summed E-state index contributed by atoms with van der Waals surface area (Å²) < 4.78 is 0.786. The van der Waals surface area contributed by atoms with Crippen LogP contribution in [0.25, 0.3) is 17.1 Å². The number of hydrogen-bond donors (Lipinski definition) is 3. The van der Waals surface area contributed by atoms with Crippen LogP contribution in [0, 0.1) is 0 Å². The molecule has 4 rings (SSSR count). The molecule has 0 unspecified atom stereocenters. The number of para-hydroxylation sites is 2. The van der Waals surface area contributed by atoms with Crippen LogP contribution in [0.1, 0.15) is 21.7 Å². The Hall–Kier alpha value is -3.71. The van der Waals surface area contributed by atoms with Crippen LogP contribution in [0.5, 0.6) is 0 Å². The van der Waals surface area contributed by atoms with Gasteiger partial charge >= 0.3 is 0 Å². The minimum atomic E-state index is -0.367. The third-order valence-electron chi connectivity index (χ3n) is 4.78. The highest BCUT2D eigenvalue weighted by Gasteiger charge is 2.15. The van der Waals surface area contributed by atoms with Crippen molar-refractivity contribution in [3.05, 3.63) is 106 Å². The molecule has 1 aromatic heterocycles. The molecule has 0 atom stereocenters. The average Bonchev–Trinajstić information content (AvgIpc) is 3.22. The molecule has 0 spiro atoms. The van der Waals surface area contributed by atoms with E-state index in [0.717, 1.165) is 26.9 Å². The van der Waals surface area contributed by atoms with Gasteiger partial charge in [0, 0.05) is 23.0 Å². The predicted octanol–water partition coefficient (Wildman–Crippen LogP) is 4.46. The van der Waals surface area contributed by atoms with Gasteiger partial charge in [0.25, 0.3) is 11.8 Å². The molecule has 0 bridgehead atoms. The highest BCUT2D eigenvalue weighted by Crippen LogP contribution is 2.13. The van der Waals surface area contributed by atoms with E-state index in [1.165, 1.54) is 0 Å². The second-order valence-electron chi connectivity index (χ2n) is 7.14. The standard InChI is InChI=1S/C25H21BrN4O2/c26-19-10-6-9-18(16-19)24(31)30-22(15-17-7-2-1-3-8-17)25(32)27-14-13-23-28-20-11-4-5-12-21(20)29-23/h1-12,15-16H,13-14H2,(H,27,32)(H,28,29)(H,30,31). The summed E-state index contributed by atoms with van der Waals surface area (Å²) in [6, 6.07) is 24.2. The van der Waals surface area contributed by atoms with Crippen LogP contribution in [0.4, 0.5) is 0 Å². The number of nitrogens with zero attached hydrogens (tertiary/aromatic N) is 1. The zero-order valence-corrected chi connectivity index (χ0v) is 18.7. The van der Waals surface area contributed by atoms with E-state index in [-0.39, 0.29) is 17.5 Å². The van der Waals surface area contributed by atoms with Crippen molar-refractivity contribution in [3.8, 4) is 0 Å². The van der Waals surface area contributed by atoms with E-state index in [0.29, 0.717) is 18.5 Å². The number of H-pyrrole nitrogens is 1. The fraction of sp³-hybridized carbons (Fsp3) is 0.0800. The molecule has 0 saturated carbocycles. The first-order chi connectivity index (χ1) is 15.6. The first-order valence-corrected chi connectivity index (χ1v) is 10.9. The highest BCUT2D eigenvalue weighted by molar-refractivity contribution is 9.10. The predicted molar refractivity (Wildman–Crippen MR) is 129 cm³/mol. The van der Waals surface area contributed by atoms with E-state index >= 15 is 0 Å². The molecule has 0 aliphatic heterocycles. The van der Waals surface area contributed by atoms with Gasteiger partial charge in [-0.15, -0.1) is 0 Å². The third kappa shape index (κ3) is 5.50. The Kier molecular flexibility index (Phi) is 6.77. The Balaban J connectivity index is 1.46. The SMILES string of the molecule is O=C(NCCc1nc2ccccc2[nH]1)C(=Cc1ccccc1)NC(=O)c1cccc(Br)c1. The van der Waals surface area contributed by atoms with Gasteiger partial charge in [-0.25, -0.2) is 4.98 Å². The van der Waals surface area contributed by atoms with Gasteiger partial charge in [0.15, 0.2) is 0 Å². The number of rotatable bonds is 7. The van der Waals surface area contributed by atoms with Crippen LogP contribution in [0.2, 0.25) is 0 Å². The number of hydrogen-bond acceptors (Lipinski definition) is 3. The van der Waals surface area contributed by atoms with Crippen molar-refractivity contribution >= 4 is 44.9 Å². The monoisotopic (exact) mass is 488 g/mol. The first kappa shape index (κ1) is 21.5. The topological polar surface area (TPSA) is 86.9 Å². The molecule has 0 fully saturated rings. The van der Waals surface area contributed by atoms with Crippen molar-refractivity contribution in [1.29, 1.82) is 0 Å². The first-order valence-electron chi connectivity index (χ1n) is 10.1. The Bertz CT molecular complexity index is 1250. The van der Waals surface area contributed by atoms with Crippen molar-refractivity contribution in [1.82, 2.24) is 20.6 Å². The van der Waals surface area contributed by atoms with Gasteiger partial charge < -0.3 is 15.6 Å². The lowest BCUT2D eigenvalue weighted by Gasteiger charge is -2.11. The van der Waals surface area contributed by atoms with Gasteiger partial charge in [0.05, 0.1) is 11.0 Å². The zero-order valence-electron chi connectivity index (χ0n) is 17.1. The smallest absolute Gasteiger partial charge is 0.267 e. The Labute approximate surface area is 193 Å². The minimum Gasteiger partial charge on any atom is -0.350 e. The summed E-state index contributed by atoms with van der Waals surface area (Å²) in [5.41, 5.74) is 3.28. The van der Waals surface area contributed by atoms with Crippen LogP contribution in [-0.2, 0) is 11.2 Å². The molecule has 7 heteroatoms. The number of carbonyl (C=O) groups is 2. The summed E-state index contributed by atoms with van der Waals surface area (Å²) in [4.78, 5) is 33.4. The van der Waals surface area contributed by atoms with E-state index in [1.807, 2.05) is 60.7 Å². The minimum absolute atomic E-state index is 0.172. The van der Waals surface area contributed by atoms with E-state index < -0.39 is 0 Å². The van der Waals surface area contributed by atoms with Crippen LogP contribution in [0.3, 0.4) is 0 Å². The van der Waals surface area contributed by atoms with Crippen LogP contribution < -0.4 is 10.6 Å². The van der Waals surface area contributed by atoms with E-state index in [1.54, 1.807) is 24.3 Å². The number of fused-ring (bicyclic) bond motifs is 1. The van der Waals surface area contributed by atoms with Gasteiger partial charge in [0.1, 0.15) is 11.5 Å². The molecular formula is C25H21BrN4O2. The molecule has 0 radical (unpaired) electrons. The van der Waals surface area contributed by atoms with Gasteiger partial charge in [-0.3, -0.25) is 9.59 Å². The second kappa shape index (κ2) is 10.1. The summed E-state index contributed by atoms with van der Waals surface area (Å²) in [6.45, 7) is 0.373. The van der Waals surface area contributed by atoms with Crippen molar-refractivity contribution in [2.45, 2.75) is 6.42 Å². The van der Waals surface area contributed by atoms with Crippen LogP contribution >= 0.6 is 15.9 Å². The molecule has 3 N–H and O–H groups in total. The third-order valence-corrected chi connectivity index (χ3v) is 5.27. The molecule has 4 aromatic rings. The Morgan fingerprint density at radius 2 is 1.75 bits per heavy atom. The number of imidazole rings is 1. The Morgan fingerprint density at radius 3 is 2.53 bits per heavy atom. The maximum Gasteiger partial charge on any atom is 0.267 e. The fourth-order valence-corrected chi connectivity index (χ4v) is 3.61. The average molecular weight is 489 g/mol. The summed E-state index contributed by atoms with van der Waals surface area (Å²) in [7, 11) is 0. The van der Waals surface area contributed by atoms with E-state index in [2.05, 4.69) is 36.5 Å². The number of aromatic amines is 1. The van der Waals surface area contributed by atoms with Gasteiger partial charge in [-0.2, -0.15) is 0 Å². The molecule has 6 nitrogen and oxygen atoms in total. The lowest BCUT2D eigenvalue weighted by molar-refractivity contribution is -0.117. The van der Waals surface area contributed by atoms with Gasteiger partial charge in [-0.1, -0.05) is 64.5 Å². The number of benzene rings is 3. The van der Waals surface area contributed by atoms with E-state index in [4.69, 9.17) is 0 Å². The highest BCUT2D eigenvalue weighted by atomic mass is 79.9. The molecule has 0 aliphatic rings. The Morgan fingerprint density at radius 1 is 0.969 bits per heavy atom. The van der Waals surface area contributed by atoms with Crippen molar-refractivity contribution in [2.75, 3.05) is 6.54 Å². The lowest BCUT2D eigenvalue weighted by Crippen LogP contribution is -2.35. The molecule has 2 amide bonds. The van der Waals surface area contributed by atoms with Crippen LogP contribution in [0.15, 0.2) is 89.0 Å². The lowest BCUT2D eigenvalue weighted by atomic mass is 10.1. The van der Waals surface area contributed by atoms with Crippen molar-refractivity contribution in [3.63, 3.8) is 0 Å². The fourth-order valence-electron chi connectivity index (χ4n) is 3.21. The number of nitrogens with one attached hydrogen (secondary N) is 3.